The average Bonchev–Trinajstić information content (AvgIpc) is 3.50. The molecule has 6 nitrogen and oxygen atoms in total. The van der Waals surface area contributed by atoms with Gasteiger partial charge < -0.3 is 9.73 Å². The van der Waals surface area contributed by atoms with Crippen molar-refractivity contribution in [2.75, 3.05) is 17.6 Å². The van der Waals surface area contributed by atoms with Gasteiger partial charge in [0.15, 0.2) is 5.16 Å². The topological polar surface area (TPSA) is 77.1 Å². The van der Waals surface area contributed by atoms with Crippen LogP contribution in [0.3, 0.4) is 0 Å². The minimum absolute atomic E-state index is 0.0883. The number of para-hydroxylation sites is 2. The highest BCUT2D eigenvalue weighted by Gasteiger charge is 2.20. The molecule has 0 saturated heterocycles. The van der Waals surface area contributed by atoms with Crippen molar-refractivity contribution in [3.63, 3.8) is 0 Å². The summed E-state index contributed by atoms with van der Waals surface area (Å²) in [5.41, 5.74) is 2.26. The van der Waals surface area contributed by atoms with Gasteiger partial charge in [-0.15, -0.1) is 11.3 Å². The van der Waals surface area contributed by atoms with Crippen LogP contribution in [0, 0.1) is 6.92 Å². The summed E-state index contributed by atoms with van der Waals surface area (Å²) in [4.78, 5) is 31.8. The summed E-state index contributed by atoms with van der Waals surface area (Å²) in [5, 5.41) is 6.19. The zero-order chi connectivity index (χ0) is 24.2. The molecule has 0 aliphatic rings. The Morgan fingerprint density at radius 2 is 1.80 bits per heavy atom. The van der Waals surface area contributed by atoms with Gasteiger partial charge in [-0.3, -0.25) is 14.2 Å². The van der Waals surface area contributed by atoms with Gasteiger partial charge in [-0.2, -0.15) is 0 Å². The first-order chi connectivity index (χ1) is 17.1. The van der Waals surface area contributed by atoms with Gasteiger partial charge in [0.05, 0.1) is 16.8 Å². The molecule has 0 fully saturated rings. The number of hydrogen-bond donors (Lipinski definition) is 1. The van der Waals surface area contributed by atoms with E-state index in [9.17, 15) is 9.59 Å². The third kappa shape index (κ3) is 5.08. The molecule has 3 heterocycles. The van der Waals surface area contributed by atoms with Crippen molar-refractivity contribution >= 4 is 44.8 Å². The maximum Gasteiger partial charge on any atom is 0.268 e. The minimum Gasteiger partial charge on any atom is -0.461 e. The largest absolute Gasteiger partial charge is 0.461 e. The summed E-state index contributed by atoms with van der Waals surface area (Å²) in [7, 11) is 0. The minimum atomic E-state index is -0.174. The molecule has 0 aliphatic heterocycles. The quantitative estimate of drug-likeness (QED) is 0.192. The summed E-state index contributed by atoms with van der Waals surface area (Å²) in [6.45, 7) is 2.43. The fraction of sp³-hybridized carbons (Fsp3) is 0.148. The number of nitrogens with one attached hydrogen (secondary N) is 1. The van der Waals surface area contributed by atoms with E-state index >= 15 is 0 Å². The first-order valence-electron chi connectivity index (χ1n) is 11.2. The maximum atomic E-state index is 13.8. The normalized spacial score (nSPS) is 11.1. The molecule has 0 saturated carbocycles. The molecule has 0 radical (unpaired) electrons. The lowest BCUT2D eigenvalue weighted by atomic mass is 10.2. The Labute approximate surface area is 210 Å². The van der Waals surface area contributed by atoms with Crippen LogP contribution >= 0.6 is 23.1 Å². The van der Waals surface area contributed by atoms with Gasteiger partial charge >= 0.3 is 0 Å². The fourth-order valence-electron chi connectivity index (χ4n) is 3.75. The average molecular weight is 502 g/mol. The Bertz CT molecular complexity index is 1520. The number of thioether (sulfide) groups is 1. The predicted octanol–water partition coefficient (Wildman–Crippen LogP) is 6.18. The molecular formula is C27H23N3O3S2. The highest BCUT2D eigenvalue weighted by atomic mass is 32.2. The summed E-state index contributed by atoms with van der Waals surface area (Å²) in [6, 6.07) is 22.9. The molecule has 5 aromatic rings. The molecule has 5 rings (SSSR count). The first kappa shape index (κ1) is 23.1. The molecule has 2 aromatic carbocycles. The Morgan fingerprint density at radius 1 is 1.06 bits per heavy atom. The second-order valence-corrected chi connectivity index (χ2v) is 9.78. The lowest BCUT2D eigenvalue weighted by Gasteiger charge is -2.12. The lowest BCUT2D eigenvalue weighted by molar-refractivity contribution is -0.116. The van der Waals surface area contributed by atoms with E-state index in [2.05, 4.69) is 5.32 Å². The van der Waals surface area contributed by atoms with Crippen LogP contribution in [0.5, 0.6) is 0 Å². The number of hydrogen-bond acceptors (Lipinski definition) is 7. The van der Waals surface area contributed by atoms with Crippen LogP contribution < -0.4 is 10.9 Å². The van der Waals surface area contributed by atoms with Gasteiger partial charge in [0, 0.05) is 29.6 Å². The van der Waals surface area contributed by atoms with Crippen LogP contribution in [0.1, 0.15) is 12.2 Å². The summed E-state index contributed by atoms with van der Waals surface area (Å²) in [5.74, 6) is 1.75. The first-order valence-corrected chi connectivity index (χ1v) is 13.1. The summed E-state index contributed by atoms with van der Waals surface area (Å²) in [6.07, 6.45) is 0.390. The van der Waals surface area contributed by atoms with Crippen LogP contribution in [0.4, 0.5) is 5.69 Å². The van der Waals surface area contributed by atoms with Crippen molar-refractivity contribution in [1.82, 2.24) is 9.55 Å². The number of fused-ring (bicyclic) bond motifs is 1. The van der Waals surface area contributed by atoms with Gasteiger partial charge in [0.25, 0.3) is 5.56 Å². The van der Waals surface area contributed by atoms with Crippen LogP contribution in [-0.4, -0.2) is 27.6 Å². The van der Waals surface area contributed by atoms with E-state index in [1.165, 1.54) is 23.1 Å². The number of ketones is 1. The highest BCUT2D eigenvalue weighted by Crippen LogP contribution is 2.33. The van der Waals surface area contributed by atoms with Crippen LogP contribution in [-0.2, 0) is 4.79 Å². The van der Waals surface area contributed by atoms with E-state index in [-0.39, 0.29) is 17.1 Å². The fourth-order valence-corrected chi connectivity index (χ4v) is 5.64. The van der Waals surface area contributed by atoms with E-state index in [0.29, 0.717) is 39.8 Å². The second-order valence-electron chi connectivity index (χ2n) is 7.98. The summed E-state index contributed by atoms with van der Waals surface area (Å²) >= 11 is 2.70. The third-order valence-electron chi connectivity index (χ3n) is 5.47. The number of nitrogens with zero attached hydrogens (tertiary/aromatic N) is 2. The number of thiophene rings is 1. The zero-order valence-electron chi connectivity index (χ0n) is 19.1. The smallest absolute Gasteiger partial charge is 0.268 e. The van der Waals surface area contributed by atoms with E-state index < -0.39 is 0 Å². The van der Waals surface area contributed by atoms with Crippen molar-refractivity contribution < 1.29 is 9.21 Å². The number of carbonyl (C=O) groups is 1. The number of Topliss-reactive ketones (excluding diaryl/α,β-unsaturated/α-hetero) is 1. The Morgan fingerprint density at radius 3 is 2.51 bits per heavy atom. The number of benzene rings is 2. The Balaban J connectivity index is 1.42. The van der Waals surface area contributed by atoms with E-state index in [1.807, 2.05) is 85.1 Å². The van der Waals surface area contributed by atoms with Gasteiger partial charge in [0.2, 0.25) is 0 Å². The molecule has 0 spiro atoms. The van der Waals surface area contributed by atoms with E-state index in [1.54, 1.807) is 4.57 Å². The second kappa shape index (κ2) is 10.3. The Hall–Kier alpha value is -3.62. The summed E-state index contributed by atoms with van der Waals surface area (Å²) < 4.78 is 7.38. The zero-order valence-corrected chi connectivity index (χ0v) is 20.7. The van der Waals surface area contributed by atoms with Gasteiger partial charge in [-0.05, 0) is 43.3 Å². The third-order valence-corrected chi connectivity index (χ3v) is 7.34. The van der Waals surface area contributed by atoms with Crippen molar-refractivity contribution in [3.8, 4) is 17.0 Å². The maximum absolute atomic E-state index is 13.8. The lowest BCUT2D eigenvalue weighted by Crippen LogP contribution is -2.22. The standard InChI is InChI=1S/C27H23N3O3S2/c1-18-12-13-23(33-18)22-17-34-25-24(22)26(32)30(20-10-6-3-7-11-20)27(29-25)35-16-21(31)14-15-28-19-8-4-2-5-9-19/h2-13,17,28H,14-16H2,1H3. The van der Waals surface area contributed by atoms with Crippen molar-refractivity contribution in [3.05, 3.63) is 94.3 Å². The molecule has 8 heteroatoms. The SMILES string of the molecule is Cc1ccc(-c2csc3nc(SCC(=O)CCNc4ccccc4)n(-c4ccccc4)c(=O)c23)o1. The number of carbonyl (C=O) groups excluding carboxylic acids is 1. The van der Waals surface area contributed by atoms with Gasteiger partial charge in [-0.1, -0.05) is 48.2 Å². The number of furan rings is 1. The number of aromatic nitrogens is 2. The molecule has 3 aromatic heterocycles. The van der Waals surface area contributed by atoms with Gasteiger partial charge in [0.1, 0.15) is 22.1 Å². The van der Waals surface area contributed by atoms with Crippen LogP contribution in [0.15, 0.2) is 92.5 Å². The highest BCUT2D eigenvalue weighted by molar-refractivity contribution is 7.99. The van der Waals surface area contributed by atoms with Crippen LogP contribution in [0.2, 0.25) is 0 Å². The predicted molar refractivity (Wildman–Crippen MR) is 143 cm³/mol. The van der Waals surface area contributed by atoms with Gasteiger partial charge in [-0.25, -0.2) is 4.98 Å². The molecule has 0 aliphatic carbocycles. The molecule has 0 unspecified atom stereocenters. The molecule has 0 amide bonds. The molecule has 0 bridgehead atoms. The molecular weight excluding hydrogens is 478 g/mol. The molecule has 1 N–H and O–H groups in total. The number of aryl methyl sites for hydroxylation is 1. The van der Waals surface area contributed by atoms with Crippen molar-refractivity contribution in [1.29, 1.82) is 0 Å². The van der Waals surface area contributed by atoms with Crippen molar-refractivity contribution in [2.45, 2.75) is 18.5 Å². The number of rotatable bonds is 9. The molecule has 176 valence electrons. The molecule has 35 heavy (non-hydrogen) atoms. The van der Waals surface area contributed by atoms with E-state index in [4.69, 9.17) is 9.40 Å². The van der Waals surface area contributed by atoms with Crippen LogP contribution in [0.25, 0.3) is 27.2 Å². The Kier molecular flexibility index (Phi) is 6.83. The van der Waals surface area contributed by atoms with Crippen molar-refractivity contribution in [2.24, 2.45) is 0 Å². The van der Waals surface area contributed by atoms with E-state index in [0.717, 1.165) is 17.0 Å². The monoisotopic (exact) mass is 501 g/mol. The number of anilines is 1. The molecule has 0 atom stereocenters.